The number of ether oxygens (including phenoxy) is 2. The van der Waals surface area contributed by atoms with Crippen LogP contribution in [0.4, 0.5) is 26.3 Å². The topological polar surface area (TPSA) is 52.6 Å². The third-order valence-electron chi connectivity index (χ3n) is 4.66. The first kappa shape index (κ1) is 24.2. The van der Waals surface area contributed by atoms with Gasteiger partial charge in [-0.2, -0.15) is 13.2 Å². The maximum atomic E-state index is 15.1. The van der Waals surface area contributed by atoms with E-state index in [2.05, 4.69) is 0 Å². The Bertz CT molecular complexity index is 876. The molecule has 0 heterocycles. The van der Waals surface area contributed by atoms with Gasteiger partial charge in [-0.25, -0.2) is 13.2 Å². The molecule has 0 saturated carbocycles. The summed E-state index contributed by atoms with van der Waals surface area (Å²) in [6.07, 6.45) is -10.3. The van der Waals surface area contributed by atoms with Gasteiger partial charge >= 0.3 is 24.0 Å². The quantitative estimate of drug-likeness (QED) is 0.338. The van der Waals surface area contributed by atoms with Gasteiger partial charge in [0.05, 0.1) is 5.41 Å². The molecule has 4 nitrogen and oxygen atoms in total. The molecule has 0 aliphatic heterocycles. The van der Waals surface area contributed by atoms with Crippen LogP contribution in [0.15, 0.2) is 48.5 Å². The molecular weight excluding hydrogens is 430 g/mol. The predicted molar refractivity (Wildman–Crippen MR) is 97.9 cm³/mol. The lowest BCUT2D eigenvalue weighted by Gasteiger charge is -2.40. The lowest BCUT2D eigenvalue weighted by atomic mass is 9.69. The maximum absolute atomic E-state index is 15.1. The van der Waals surface area contributed by atoms with Gasteiger partial charge in [-0.1, -0.05) is 24.3 Å². The van der Waals surface area contributed by atoms with Gasteiger partial charge in [0, 0.05) is 13.8 Å². The SMILES string of the molecule is CC(=O)Oc1ccc(C(C)(c2ccc(OC(C)=O)cc2)C(F)(F)C(F)C(F)(F)F)cc1. The molecule has 0 fully saturated rings. The Labute approximate surface area is 173 Å². The molecule has 2 aromatic rings. The molecule has 0 saturated heterocycles. The van der Waals surface area contributed by atoms with E-state index in [4.69, 9.17) is 9.47 Å². The van der Waals surface area contributed by atoms with Crippen LogP contribution in [-0.4, -0.2) is 30.2 Å². The van der Waals surface area contributed by atoms with E-state index in [1.807, 2.05) is 0 Å². The number of hydrogen-bond donors (Lipinski definition) is 0. The van der Waals surface area contributed by atoms with Gasteiger partial charge in [0.2, 0.25) is 0 Å². The molecule has 31 heavy (non-hydrogen) atoms. The van der Waals surface area contributed by atoms with E-state index < -0.39 is 35.6 Å². The van der Waals surface area contributed by atoms with E-state index >= 15 is 8.78 Å². The minimum Gasteiger partial charge on any atom is -0.427 e. The smallest absolute Gasteiger partial charge is 0.425 e. The van der Waals surface area contributed by atoms with Crippen LogP contribution in [0.5, 0.6) is 11.5 Å². The average molecular weight is 448 g/mol. The Morgan fingerprint density at radius 3 is 1.32 bits per heavy atom. The molecule has 0 N–H and O–H groups in total. The number of halogens is 6. The number of benzene rings is 2. The first-order chi connectivity index (χ1) is 14.2. The molecule has 0 bridgehead atoms. The van der Waals surface area contributed by atoms with Crippen LogP contribution in [0.3, 0.4) is 0 Å². The van der Waals surface area contributed by atoms with Crippen LogP contribution in [0.25, 0.3) is 0 Å². The Kier molecular flexibility index (Phi) is 6.72. The third-order valence-corrected chi connectivity index (χ3v) is 4.66. The monoisotopic (exact) mass is 448 g/mol. The highest BCUT2D eigenvalue weighted by Gasteiger charge is 2.66. The fourth-order valence-electron chi connectivity index (χ4n) is 3.06. The van der Waals surface area contributed by atoms with Crippen LogP contribution < -0.4 is 9.47 Å². The third kappa shape index (κ3) is 5.00. The number of esters is 2. The molecule has 0 spiro atoms. The van der Waals surface area contributed by atoms with Gasteiger partial charge in [0.1, 0.15) is 11.5 Å². The van der Waals surface area contributed by atoms with Crippen molar-refractivity contribution in [1.82, 2.24) is 0 Å². The zero-order valence-corrected chi connectivity index (χ0v) is 16.6. The minimum atomic E-state index is -5.82. The maximum Gasteiger partial charge on any atom is 0.425 e. The molecular formula is C21H18F6O4. The van der Waals surface area contributed by atoms with Gasteiger partial charge in [-0.15, -0.1) is 0 Å². The van der Waals surface area contributed by atoms with Gasteiger partial charge in [-0.3, -0.25) is 9.59 Å². The molecule has 168 valence electrons. The number of carbonyl (C=O) groups is 2. The van der Waals surface area contributed by atoms with E-state index in [1.165, 1.54) is 0 Å². The van der Waals surface area contributed by atoms with Crippen molar-refractivity contribution in [3.8, 4) is 11.5 Å². The first-order valence-corrected chi connectivity index (χ1v) is 8.86. The van der Waals surface area contributed by atoms with Crippen LogP contribution >= 0.6 is 0 Å². The highest BCUT2D eigenvalue weighted by Crippen LogP contribution is 2.51. The number of rotatable bonds is 6. The van der Waals surface area contributed by atoms with E-state index in [-0.39, 0.29) is 22.6 Å². The second-order valence-electron chi connectivity index (χ2n) is 6.89. The predicted octanol–water partition coefficient (Wildman–Crippen LogP) is 5.38. The summed E-state index contributed by atoms with van der Waals surface area (Å²) in [5.41, 5.74) is -3.51. The van der Waals surface area contributed by atoms with Crippen LogP contribution in [0.2, 0.25) is 0 Å². The summed E-state index contributed by atoms with van der Waals surface area (Å²) >= 11 is 0. The van der Waals surface area contributed by atoms with Crippen LogP contribution in [0.1, 0.15) is 31.9 Å². The van der Waals surface area contributed by atoms with Gasteiger partial charge in [0.15, 0.2) is 0 Å². The molecule has 10 heteroatoms. The second-order valence-corrected chi connectivity index (χ2v) is 6.89. The number of carbonyl (C=O) groups excluding carboxylic acids is 2. The normalized spacial score (nSPS) is 13.5. The fourth-order valence-corrected chi connectivity index (χ4v) is 3.06. The molecule has 2 rings (SSSR count). The van der Waals surface area contributed by atoms with Gasteiger partial charge in [-0.05, 0) is 42.3 Å². The van der Waals surface area contributed by atoms with Crippen molar-refractivity contribution in [2.24, 2.45) is 0 Å². The van der Waals surface area contributed by atoms with Crippen molar-refractivity contribution in [1.29, 1.82) is 0 Å². The van der Waals surface area contributed by atoms with Gasteiger partial charge in [0.25, 0.3) is 6.17 Å². The molecule has 2 aromatic carbocycles. The molecule has 1 unspecified atom stereocenters. The lowest BCUT2D eigenvalue weighted by molar-refractivity contribution is -0.258. The summed E-state index contributed by atoms with van der Waals surface area (Å²) in [6, 6.07) is 8.53. The zero-order chi connectivity index (χ0) is 23.6. The standard InChI is InChI=1S/C21H18F6O4/c1-12(28)30-16-8-4-14(5-9-16)19(3,20(23,24)18(22)21(25,26)27)15-6-10-17(11-7-15)31-13(2)29/h4-11,18H,1-3H3. The van der Waals surface area contributed by atoms with Crippen molar-refractivity contribution in [3.63, 3.8) is 0 Å². The van der Waals surface area contributed by atoms with Crippen molar-refractivity contribution >= 4 is 11.9 Å². The lowest BCUT2D eigenvalue weighted by Crippen LogP contribution is -2.55. The Morgan fingerprint density at radius 2 is 1.06 bits per heavy atom. The summed E-state index contributed by atoms with van der Waals surface area (Å²) < 4.78 is 92.7. The van der Waals surface area contributed by atoms with Crippen molar-refractivity contribution in [2.45, 2.75) is 44.5 Å². The second kappa shape index (κ2) is 8.60. The molecule has 0 aliphatic rings. The highest BCUT2D eigenvalue weighted by atomic mass is 19.4. The summed E-state index contributed by atoms with van der Waals surface area (Å²) in [6.45, 7) is 2.98. The minimum absolute atomic E-state index is 0.0280. The average Bonchev–Trinajstić information content (AvgIpc) is 2.66. The van der Waals surface area contributed by atoms with Crippen molar-refractivity contribution in [3.05, 3.63) is 59.7 Å². The van der Waals surface area contributed by atoms with E-state index in [1.54, 1.807) is 0 Å². The molecule has 0 aliphatic carbocycles. The Balaban J connectivity index is 2.64. The Hall–Kier alpha value is -3.04. The molecule has 0 radical (unpaired) electrons. The van der Waals surface area contributed by atoms with E-state index in [9.17, 15) is 27.2 Å². The fraction of sp³-hybridized carbons (Fsp3) is 0.333. The largest absolute Gasteiger partial charge is 0.427 e. The summed E-state index contributed by atoms with van der Waals surface area (Å²) in [5, 5.41) is 0. The molecule has 0 amide bonds. The van der Waals surface area contributed by atoms with Crippen molar-refractivity contribution in [2.75, 3.05) is 0 Å². The summed E-state index contributed by atoms with van der Waals surface area (Å²) in [4.78, 5) is 22.1. The van der Waals surface area contributed by atoms with E-state index in [0.29, 0.717) is 0 Å². The van der Waals surface area contributed by atoms with E-state index in [0.717, 1.165) is 69.3 Å². The number of hydrogen-bond acceptors (Lipinski definition) is 4. The van der Waals surface area contributed by atoms with Crippen LogP contribution in [0, 0.1) is 0 Å². The highest BCUT2D eigenvalue weighted by molar-refractivity contribution is 5.69. The van der Waals surface area contributed by atoms with Gasteiger partial charge < -0.3 is 9.47 Å². The Morgan fingerprint density at radius 1 is 0.742 bits per heavy atom. The summed E-state index contributed by atoms with van der Waals surface area (Å²) in [7, 11) is 0. The van der Waals surface area contributed by atoms with Crippen LogP contribution in [-0.2, 0) is 15.0 Å². The molecule has 1 atom stereocenters. The van der Waals surface area contributed by atoms with Crippen molar-refractivity contribution < 1.29 is 45.4 Å². The zero-order valence-electron chi connectivity index (χ0n) is 16.6. The number of alkyl halides is 6. The first-order valence-electron chi connectivity index (χ1n) is 8.86. The summed E-state index contributed by atoms with van der Waals surface area (Å²) in [5.74, 6) is -6.37. The molecule has 0 aromatic heterocycles.